The van der Waals surface area contributed by atoms with Gasteiger partial charge in [0.2, 0.25) is 0 Å². The van der Waals surface area contributed by atoms with Gasteiger partial charge in [0.15, 0.2) is 5.15 Å². The maximum absolute atomic E-state index is 9.22. The van der Waals surface area contributed by atoms with Crippen molar-refractivity contribution in [1.29, 1.82) is 5.26 Å². The van der Waals surface area contributed by atoms with Gasteiger partial charge >= 0.3 is 0 Å². The molecule has 1 aromatic rings. The van der Waals surface area contributed by atoms with Gasteiger partial charge in [0.1, 0.15) is 16.6 Å². The van der Waals surface area contributed by atoms with E-state index in [1.54, 1.807) is 0 Å². The molecule has 1 aliphatic rings. The third kappa shape index (κ3) is 1.99. The lowest BCUT2D eigenvalue weighted by Gasteiger charge is -2.39. The summed E-state index contributed by atoms with van der Waals surface area (Å²) in [7, 11) is 0. The van der Waals surface area contributed by atoms with E-state index in [2.05, 4.69) is 9.69 Å². The van der Waals surface area contributed by atoms with Crippen LogP contribution in [0.1, 0.15) is 5.56 Å². The minimum absolute atomic E-state index is 0.0639. The zero-order chi connectivity index (χ0) is 11.6. The van der Waals surface area contributed by atoms with Crippen molar-refractivity contribution in [2.45, 2.75) is 0 Å². The molecule has 0 saturated carbocycles. The van der Waals surface area contributed by atoms with Gasteiger partial charge in [-0.3, -0.25) is 0 Å². The minimum atomic E-state index is -0.233. The van der Waals surface area contributed by atoms with Crippen LogP contribution < -0.4 is 5.32 Å². The molecule has 0 aromatic carbocycles. The van der Waals surface area contributed by atoms with E-state index in [9.17, 15) is 5.11 Å². The summed E-state index contributed by atoms with van der Waals surface area (Å²) in [5, 5.41) is 22.0. The summed E-state index contributed by atoms with van der Waals surface area (Å²) in [6, 6.07) is 1.99. The summed E-state index contributed by atoms with van der Waals surface area (Å²) < 4.78 is 8.96. The summed E-state index contributed by atoms with van der Waals surface area (Å²) in [6.07, 6.45) is 0. The van der Waals surface area contributed by atoms with Crippen molar-refractivity contribution in [3.63, 3.8) is 0 Å². The molecule has 0 radical (unpaired) electrons. The van der Waals surface area contributed by atoms with E-state index in [4.69, 9.17) is 21.6 Å². The van der Waals surface area contributed by atoms with Gasteiger partial charge in [-0.2, -0.15) is 9.64 Å². The first kappa shape index (κ1) is 11.6. The lowest BCUT2D eigenvalue weighted by atomic mass is 9.87. The van der Waals surface area contributed by atoms with E-state index in [1.807, 2.05) is 6.07 Å². The number of hydrogen-bond donors (Lipinski definition) is 2. The molecule has 0 spiro atoms. The molecule has 1 saturated heterocycles. The molecule has 2 rings (SSSR count). The number of halogens is 1. The second-order valence-corrected chi connectivity index (χ2v) is 4.93. The molecular weight excluding hydrogens is 250 g/mol. The van der Waals surface area contributed by atoms with E-state index in [1.165, 1.54) is 0 Å². The predicted molar refractivity (Wildman–Crippen MR) is 60.7 cm³/mol. The first-order valence-electron chi connectivity index (χ1n) is 4.68. The predicted octanol–water partition coefficient (Wildman–Crippen LogP) is 1.09. The van der Waals surface area contributed by atoms with E-state index in [0.717, 1.165) is 11.5 Å². The Kier molecular flexibility index (Phi) is 3.30. The highest BCUT2D eigenvalue weighted by Crippen LogP contribution is 2.31. The summed E-state index contributed by atoms with van der Waals surface area (Å²) in [6.45, 7) is 1.68. The molecule has 1 fully saturated rings. The second kappa shape index (κ2) is 4.55. The Balaban J connectivity index is 2.02. The topological polar surface area (TPSA) is 78.2 Å². The second-order valence-electron chi connectivity index (χ2n) is 3.79. The number of nitrogens with zero attached hydrogens (tertiary/aromatic N) is 2. The molecule has 0 atom stereocenters. The van der Waals surface area contributed by atoms with Crippen molar-refractivity contribution >= 4 is 28.1 Å². The minimum Gasteiger partial charge on any atom is -0.396 e. The number of aromatic nitrogens is 1. The number of aliphatic hydroxyl groups excluding tert-OH is 1. The third-order valence-corrected chi connectivity index (χ3v) is 3.72. The average molecular weight is 260 g/mol. The molecule has 0 amide bonds. The van der Waals surface area contributed by atoms with Gasteiger partial charge in [-0.1, -0.05) is 11.6 Å². The van der Waals surface area contributed by atoms with Crippen LogP contribution >= 0.6 is 23.1 Å². The lowest BCUT2D eigenvalue weighted by Crippen LogP contribution is -2.50. The smallest absolute Gasteiger partial charge is 0.162 e. The van der Waals surface area contributed by atoms with Crippen molar-refractivity contribution in [2.75, 3.05) is 31.7 Å². The van der Waals surface area contributed by atoms with Crippen LogP contribution in [0.2, 0.25) is 5.15 Å². The molecule has 0 unspecified atom stereocenters. The van der Waals surface area contributed by atoms with Crippen molar-refractivity contribution in [1.82, 2.24) is 4.37 Å². The number of hydrogen-bond acceptors (Lipinski definition) is 6. The monoisotopic (exact) mass is 259 g/mol. The molecule has 86 valence electrons. The lowest BCUT2D eigenvalue weighted by molar-refractivity contribution is -0.128. The third-order valence-electron chi connectivity index (χ3n) is 2.54. The normalized spacial score (nSPS) is 17.6. The average Bonchev–Trinajstić information content (AvgIpc) is 2.58. The van der Waals surface area contributed by atoms with Crippen LogP contribution in [0.5, 0.6) is 0 Å². The molecule has 16 heavy (non-hydrogen) atoms. The molecule has 5 nitrogen and oxygen atoms in total. The fourth-order valence-corrected chi connectivity index (χ4v) is 2.33. The van der Waals surface area contributed by atoms with Gasteiger partial charge in [0.05, 0.1) is 25.2 Å². The van der Waals surface area contributed by atoms with E-state index >= 15 is 0 Å². The standard InChI is InChI=1S/C9H10ClN3O2S/c10-7-6(1-11)8(16-13-7)12-2-9(3-14)4-15-5-9/h12,14H,2-5H2. The Morgan fingerprint density at radius 3 is 2.94 bits per heavy atom. The summed E-state index contributed by atoms with van der Waals surface area (Å²) in [5.41, 5.74) is 0.128. The van der Waals surface area contributed by atoms with Crippen LogP contribution in [0.3, 0.4) is 0 Å². The van der Waals surface area contributed by atoms with Gasteiger partial charge in [-0.05, 0) is 11.5 Å². The molecular formula is C9H10ClN3O2S. The maximum Gasteiger partial charge on any atom is 0.162 e. The quantitative estimate of drug-likeness (QED) is 0.846. The van der Waals surface area contributed by atoms with Crippen LogP contribution in [-0.4, -0.2) is 35.8 Å². The van der Waals surface area contributed by atoms with Crippen LogP contribution in [0.25, 0.3) is 0 Å². The van der Waals surface area contributed by atoms with Crippen LogP contribution in [0.15, 0.2) is 0 Å². The van der Waals surface area contributed by atoms with Crippen LogP contribution in [-0.2, 0) is 4.74 Å². The zero-order valence-corrected chi connectivity index (χ0v) is 9.94. The number of aliphatic hydroxyl groups is 1. The SMILES string of the molecule is N#Cc1c(Cl)nsc1NCC1(CO)COC1. The number of rotatable bonds is 4. The van der Waals surface area contributed by atoms with Gasteiger partial charge in [-0.25, -0.2) is 0 Å². The summed E-state index contributed by atoms with van der Waals surface area (Å²) in [4.78, 5) is 0. The first-order chi connectivity index (χ1) is 7.71. The molecule has 2 heterocycles. The van der Waals surface area contributed by atoms with Crippen LogP contribution in [0, 0.1) is 16.7 Å². The maximum atomic E-state index is 9.22. The van der Waals surface area contributed by atoms with Gasteiger partial charge in [0.25, 0.3) is 0 Å². The Morgan fingerprint density at radius 2 is 2.44 bits per heavy atom. The molecule has 7 heteroatoms. The summed E-state index contributed by atoms with van der Waals surface area (Å²) >= 11 is 6.89. The summed E-state index contributed by atoms with van der Waals surface area (Å²) in [5.74, 6) is 0. The number of anilines is 1. The van der Waals surface area contributed by atoms with Crippen molar-refractivity contribution in [3.8, 4) is 6.07 Å². The highest BCUT2D eigenvalue weighted by atomic mass is 35.5. The highest BCUT2D eigenvalue weighted by Gasteiger charge is 2.38. The number of ether oxygens (including phenoxy) is 1. The molecule has 0 aliphatic carbocycles. The van der Waals surface area contributed by atoms with E-state index < -0.39 is 0 Å². The van der Waals surface area contributed by atoms with Gasteiger partial charge < -0.3 is 15.2 Å². The Hall–Kier alpha value is -0.870. The largest absolute Gasteiger partial charge is 0.396 e. The Morgan fingerprint density at radius 1 is 1.69 bits per heavy atom. The molecule has 2 N–H and O–H groups in total. The van der Waals surface area contributed by atoms with Crippen molar-refractivity contribution in [2.24, 2.45) is 5.41 Å². The fourth-order valence-electron chi connectivity index (χ4n) is 1.40. The Bertz CT molecular complexity index is 419. The van der Waals surface area contributed by atoms with E-state index in [0.29, 0.717) is 30.3 Å². The number of nitriles is 1. The number of nitrogens with one attached hydrogen (secondary N) is 1. The van der Waals surface area contributed by atoms with Crippen molar-refractivity contribution in [3.05, 3.63) is 10.7 Å². The molecule has 1 aromatic heterocycles. The van der Waals surface area contributed by atoms with Crippen LogP contribution in [0.4, 0.5) is 5.00 Å². The fraction of sp³-hybridized carbons (Fsp3) is 0.556. The van der Waals surface area contributed by atoms with Crippen molar-refractivity contribution < 1.29 is 9.84 Å². The zero-order valence-electron chi connectivity index (χ0n) is 8.36. The van der Waals surface area contributed by atoms with Gasteiger partial charge in [-0.15, -0.1) is 0 Å². The first-order valence-corrected chi connectivity index (χ1v) is 5.84. The highest BCUT2D eigenvalue weighted by molar-refractivity contribution is 7.10. The van der Waals surface area contributed by atoms with Gasteiger partial charge in [0, 0.05) is 6.54 Å². The molecule has 1 aliphatic heterocycles. The Labute approximate surface area is 102 Å². The van der Waals surface area contributed by atoms with E-state index in [-0.39, 0.29) is 17.2 Å². The molecule has 0 bridgehead atoms.